The lowest BCUT2D eigenvalue weighted by molar-refractivity contribution is -0.112. The first-order valence-electron chi connectivity index (χ1n) is 7.29. The van der Waals surface area contributed by atoms with E-state index in [1.807, 2.05) is 6.92 Å². The van der Waals surface area contributed by atoms with Crippen LogP contribution in [-0.2, 0) is 4.79 Å². The van der Waals surface area contributed by atoms with E-state index in [-0.39, 0.29) is 5.57 Å². The lowest BCUT2D eigenvalue weighted by atomic mass is 10.2. The molecule has 0 aliphatic carbocycles. The van der Waals surface area contributed by atoms with Crippen molar-refractivity contribution in [1.82, 2.24) is 0 Å². The Morgan fingerprint density at radius 2 is 2.00 bits per heavy atom. The van der Waals surface area contributed by atoms with Crippen molar-refractivity contribution in [2.24, 2.45) is 0 Å². The smallest absolute Gasteiger partial charge is 0.267 e. The van der Waals surface area contributed by atoms with E-state index in [9.17, 15) is 9.18 Å². The number of amides is 1. The lowest BCUT2D eigenvalue weighted by Crippen LogP contribution is -2.14. The van der Waals surface area contributed by atoms with Gasteiger partial charge in [-0.05, 0) is 49.4 Å². The summed E-state index contributed by atoms with van der Waals surface area (Å²) in [6, 6.07) is 14.3. The van der Waals surface area contributed by atoms with Crippen molar-refractivity contribution in [3.8, 4) is 11.8 Å². The van der Waals surface area contributed by atoms with Crippen LogP contribution < -0.4 is 15.4 Å². The number of halogens is 1. The van der Waals surface area contributed by atoms with Crippen molar-refractivity contribution in [3.05, 3.63) is 66.1 Å². The van der Waals surface area contributed by atoms with E-state index in [1.54, 1.807) is 36.4 Å². The van der Waals surface area contributed by atoms with Crippen LogP contribution in [0.2, 0.25) is 0 Å². The van der Waals surface area contributed by atoms with E-state index in [0.717, 1.165) is 0 Å². The fraction of sp³-hybridized carbons (Fsp3) is 0.111. The minimum atomic E-state index is -0.564. The van der Waals surface area contributed by atoms with Crippen molar-refractivity contribution < 1.29 is 13.9 Å². The van der Waals surface area contributed by atoms with Gasteiger partial charge in [0.1, 0.15) is 23.2 Å². The van der Waals surface area contributed by atoms with Crippen LogP contribution in [-0.4, -0.2) is 12.5 Å². The molecule has 0 aromatic heterocycles. The van der Waals surface area contributed by atoms with Gasteiger partial charge in [-0.3, -0.25) is 4.79 Å². The summed E-state index contributed by atoms with van der Waals surface area (Å²) in [5.41, 5.74) is 0.847. The number of anilines is 2. The van der Waals surface area contributed by atoms with Gasteiger partial charge in [-0.2, -0.15) is 5.26 Å². The third kappa shape index (κ3) is 4.85. The Bertz CT molecular complexity index is 780. The molecule has 2 N–H and O–H groups in total. The number of nitrogens with one attached hydrogen (secondary N) is 2. The summed E-state index contributed by atoms with van der Waals surface area (Å²) in [6.07, 6.45) is 1.23. The molecule has 0 heterocycles. The van der Waals surface area contributed by atoms with Gasteiger partial charge in [0, 0.05) is 17.6 Å². The van der Waals surface area contributed by atoms with Gasteiger partial charge in [0.25, 0.3) is 5.91 Å². The van der Waals surface area contributed by atoms with E-state index in [1.165, 1.54) is 24.4 Å². The van der Waals surface area contributed by atoms with Crippen molar-refractivity contribution in [2.45, 2.75) is 6.92 Å². The number of benzene rings is 2. The number of carbonyl (C=O) groups excluding carboxylic acids is 1. The fourth-order valence-corrected chi connectivity index (χ4v) is 1.88. The van der Waals surface area contributed by atoms with Gasteiger partial charge in [-0.15, -0.1) is 0 Å². The van der Waals surface area contributed by atoms with Gasteiger partial charge in [-0.1, -0.05) is 6.07 Å². The van der Waals surface area contributed by atoms with E-state index in [4.69, 9.17) is 10.00 Å². The Hall–Kier alpha value is -3.33. The summed E-state index contributed by atoms with van der Waals surface area (Å²) in [4.78, 5) is 12.1. The first kappa shape index (κ1) is 17.0. The predicted octanol–water partition coefficient (Wildman–Crippen LogP) is 3.68. The minimum absolute atomic E-state index is 0.131. The van der Waals surface area contributed by atoms with Crippen LogP contribution >= 0.6 is 0 Å². The number of hydrogen-bond donors (Lipinski definition) is 2. The van der Waals surface area contributed by atoms with E-state index < -0.39 is 11.7 Å². The summed E-state index contributed by atoms with van der Waals surface area (Å²) >= 11 is 0. The van der Waals surface area contributed by atoms with Crippen LogP contribution in [0.4, 0.5) is 15.8 Å². The summed E-state index contributed by atoms with van der Waals surface area (Å²) in [5.74, 6) is -0.282. The zero-order chi connectivity index (χ0) is 17.4. The topological polar surface area (TPSA) is 74.1 Å². The predicted molar refractivity (Wildman–Crippen MR) is 90.0 cm³/mol. The van der Waals surface area contributed by atoms with Gasteiger partial charge in [0.2, 0.25) is 0 Å². The number of nitriles is 1. The maximum atomic E-state index is 13.1. The average Bonchev–Trinajstić information content (AvgIpc) is 2.57. The highest BCUT2D eigenvalue weighted by Gasteiger charge is 2.09. The van der Waals surface area contributed by atoms with Crippen molar-refractivity contribution in [1.29, 1.82) is 5.26 Å². The number of carbonyl (C=O) groups is 1. The van der Waals surface area contributed by atoms with Crippen LogP contribution in [0.3, 0.4) is 0 Å². The highest BCUT2D eigenvalue weighted by atomic mass is 19.1. The molecular formula is C18H16FN3O2. The molecule has 0 saturated carbocycles. The third-order valence-electron chi connectivity index (χ3n) is 3.00. The molecule has 2 aromatic rings. The van der Waals surface area contributed by atoms with E-state index in [2.05, 4.69) is 10.6 Å². The van der Waals surface area contributed by atoms with Crippen molar-refractivity contribution in [3.63, 3.8) is 0 Å². The molecule has 5 nitrogen and oxygen atoms in total. The van der Waals surface area contributed by atoms with Crippen LogP contribution in [0.15, 0.2) is 60.3 Å². The molecule has 6 heteroatoms. The second-order valence-electron chi connectivity index (χ2n) is 4.74. The molecule has 0 bridgehead atoms. The van der Waals surface area contributed by atoms with E-state index >= 15 is 0 Å². The first-order chi connectivity index (χ1) is 11.6. The molecule has 2 aromatic carbocycles. The minimum Gasteiger partial charge on any atom is -0.494 e. The van der Waals surface area contributed by atoms with Gasteiger partial charge >= 0.3 is 0 Å². The largest absolute Gasteiger partial charge is 0.494 e. The monoisotopic (exact) mass is 325 g/mol. The number of rotatable bonds is 6. The zero-order valence-electron chi connectivity index (χ0n) is 13.0. The highest BCUT2D eigenvalue weighted by Crippen LogP contribution is 2.16. The number of ether oxygens (including phenoxy) is 1. The summed E-state index contributed by atoms with van der Waals surface area (Å²) in [6.45, 7) is 2.43. The number of nitrogens with zero attached hydrogens (tertiary/aromatic N) is 1. The molecule has 0 fully saturated rings. The normalized spacial score (nSPS) is 10.6. The summed E-state index contributed by atoms with van der Waals surface area (Å²) < 4.78 is 18.4. The second-order valence-corrected chi connectivity index (χ2v) is 4.74. The van der Waals surface area contributed by atoms with Crippen LogP contribution in [0.5, 0.6) is 5.75 Å². The molecule has 0 radical (unpaired) electrons. The number of hydrogen-bond acceptors (Lipinski definition) is 4. The van der Waals surface area contributed by atoms with Crippen LogP contribution in [0, 0.1) is 17.1 Å². The fourth-order valence-electron chi connectivity index (χ4n) is 1.88. The highest BCUT2D eigenvalue weighted by molar-refractivity contribution is 6.06. The Kier molecular flexibility index (Phi) is 5.92. The summed E-state index contributed by atoms with van der Waals surface area (Å²) in [5, 5.41) is 14.4. The summed E-state index contributed by atoms with van der Waals surface area (Å²) in [7, 11) is 0. The Labute approximate surface area is 139 Å². The van der Waals surface area contributed by atoms with Crippen molar-refractivity contribution >= 4 is 17.3 Å². The third-order valence-corrected chi connectivity index (χ3v) is 3.00. The SMILES string of the molecule is CCOc1ccc(NC(=O)/C(C#N)=C\Nc2cccc(F)c2)cc1. The maximum Gasteiger partial charge on any atom is 0.267 e. The molecule has 122 valence electrons. The molecule has 0 saturated heterocycles. The van der Waals surface area contributed by atoms with Crippen LogP contribution in [0.1, 0.15) is 6.92 Å². The molecule has 0 unspecified atom stereocenters. The van der Waals surface area contributed by atoms with Gasteiger partial charge in [0.05, 0.1) is 6.61 Å². The molecule has 0 spiro atoms. The molecule has 0 aliphatic heterocycles. The van der Waals surface area contributed by atoms with Crippen LogP contribution in [0.25, 0.3) is 0 Å². The quantitative estimate of drug-likeness (QED) is 0.627. The Morgan fingerprint density at radius 1 is 1.25 bits per heavy atom. The first-order valence-corrected chi connectivity index (χ1v) is 7.29. The van der Waals surface area contributed by atoms with Crippen molar-refractivity contribution in [2.75, 3.05) is 17.2 Å². The average molecular weight is 325 g/mol. The zero-order valence-corrected chi connectivity index (χ0v) is 13.0. The molecule has 0 aliphatic rings. The Balaban J connectivity index is 2.03. The molecule has 0 atom stereocenters. The molecular weight excluding hydrogens is 309 g/mol. The van der Waals surface area contributed by atoms with E-state index in [0.29, 0.717) is 23.7 Å². The van der Waals surface area contributed by atoms with Gasteiger partial charge in [-0.25, -0.2) is 4.39 Å². The maximum absolute atomic E-state index is 13.1. The standard InChI is InChI=1S/C18H16FN3O2/c1-2-24-17-8-6-15(7-9-17)22-18(23)13(11-20)12-21-16-5-3-4-14(19)10-16/h3-10,12,21H,2H2,1H3,(H,22,23)/b13-12-. The lowest BCUT2D eigenvalue weighted by Gasteiger charge is -2.07. The van der Waals surface area contributed by atoms with Gasteiger partial charge in [0.15, 0.2) is 0 Å². The molecule has 2 rings (SSSR count). The molecule has 24 heavy (non-hydrogen) atoms. The molecule has 1 amide bonds. The second kappa shape index (κ2) is 8.34. The Morgan fingerprint density at radius 3 is 2.62 bits per heavy atom. The van der Waals surface area contributed by atoms with Gasteiger partial charge < -0.3 is 15.4 Å².